The standard InChI is InChI=1S/C17H30N2O/c1-8-17(3,4)19(6)12-15(18-5)14-11-13(2)9-10-16(14)20-7/h9-11,15,18H,8,12H2,1-7H3. The summed E-state index contributed by atoms with van der Waals surface area (Å²) in [6.45, 7) is 9.88. The van der Waals surface area contributed by atoms with Gasteiger partial charge < -0.3 is 10.1 Å². The Balaban J connectivity index is 2.99. The third-order valence-corrected chi connectivity index (χ3v) is 4.46. The summed E-state index contributed by atoms with van der Waals surface area (Å²) < 4.78 is 5.52. The summed E-state index contributed by atoms with van der Waals surface area (Å²) in [7, 11) is 5.94. The molecule has 3 nitrogen and oxygen atoms in total. The maximum atomic E-state index is 5.52. The number of methoxy groups -OCH3 is 1. The Morgan fingerprint density at radius 1 is 1.35 bits per heavy atom. The number of hydrogen-bond donors (Lipinski definition) is 1. The Labute approximate surface area is 124 Å². The SMILES string of the molecule is CCC(C)(C)N(C)CC(NC)c1cc(C)ccc1OC. The topological polar surface area (TPSA) is 24.5 Å². The van der Waals surface area contributed by atoms with E-state index in [1.54, 1.807) is 7.11 Å². The normalized spacial score (nSPS) is 13.6. The molecule has 1 unspecified atom stereocenters. The average Bonchev–Trinajstić information content (AvgIpc) is 2.44. The molecule has 0 bridgehead atoms. The van der Waals surface area contributed by atoms with Gasteiger partial charge in [0.15, 0.2) is 0 Å². The second-order valence-electron chi connectivity index (χ2n) is 6.13. The van der Waals surface area contributed by atoms with Crippen LogP contribution in [0.1, 0.15) is 44.4 Å². The summed E-state index contributed by atoms with van der Waals surface area (Å²) in [6, 6.07) is 6.63. The van der Waals surface area contributed by atoms with Crippen LogP contribution in [-0.2, 0) is 0 Å². The van der Waals surface area contributed by atoms with Gasteiger partial charge >= 0.3 is 0 Å². The number of nitrogens with one attached hydrogen (secondary N) is 1. The van der Waals surface area contributed by atoms with Crippen LogP contribution in [0.4, 0.5) is 0 Å². The van der Waals surface area contributed by atoms with E-state index in [9.17, 15) is 0 Å². The van der Waals surface area contributed by atoms with E-state index in [1.807, 2.05) is 7.05 Å². The lowest BCUT2D eigenvalue weighted by molar-refractivity contribution is 0.136. The highest BCUT2D eigenvalue weighted by Crippen LogP contribution is 2.28. The number of rotatable bonds is 7. The van der Waals surface area contributed by atoms with Crippen molar-refractivity contribution in [3.05, 3.63) is 29.3 Å². The van der Waals surface area contributed by atoms with Crippen molar-refractivity contribution in [3.63, 3.8) is 0 Å². The van der Waals surface area contributed by atoms with Gasteiger partial charge in [0.1, 0.15) is 5.75 Å². The smallest absolute Gasteiger partial charge is 0.123 e. The van der Waals surface area contributed by atoms with Gasteiger partial charge in [-0.25, -0.2) is 0 Å². The minimum Gasteiger partial charge on any atom is -0.496 e. The van der Waals surface area contributed by atoms with Crippen molar-refractivity contribution in [2.75, 3.05) is 27.7 Å². The molecule has 0 heterocycles. The fourth-order valence-corrected chi connectivity index (χ4v) is 2.26. The molecule has 0 saturated carbocycles. The van der Waals surface area contributed by atoms with E-state index in [2.05, 4.69) is 63.2 Å². The van der Waals surface area contributed by atoms with Crippen LogP contribution in [0.15, 0.2) is 18.2 Å². The number of ether oxygens (including phenoxy) is 1. The maximum Gasteiger partial charge on any atom is 0.123 e. The first kappa shape index (κ1) is 17.0. The number of likely N-dealkylation sites (N-methyl/N-ethyl adjacent to an activating group) is 2. The Bertz CT molecular complexity index is 429. The van der Waals surface area contributed by atoms with Gasteiger partial charge in [0.25, 0.3) is 0 Å². The molecule has 0 aromatic heterocycles. The van der Waals surface area contributed by atoms with Gasteiger partial charge in [0, 0.05) is 23.7 Å². The molecule has 1 aromatic carbocycles. The fraction of sp³-hybridized carbons (Fsp3) is 0.647. The van der Waals surface area contributed by atoms with Crippen molar-refractivity contribution in [2.45, 2.75) is 45.7 Å². The maximum absolute atomic E-state index is 5.52. The van der Waals surface area contributed by atoms with Crippen molar-refractivity contribution < 1.29 is 4.74 Å². The van der Waals surface area contributed by atoms with Crippen molar-refractivity contribution in [2.24, 2.45) is 0 Å². The molecule has 0 spiro atoms. The summed E-state index contributed by atoms with van der Waals surface area (Å²) in [5.41, 5.74) is 2.69. The van der Waals surface area contributed by atoms with E-state index in [4.69, 9.17) is 4.74 Å². The molecule has 20 heavy (non-hydrogen) atoms. The van der Waals surface area contributed by atoms with Crippen LogP contribution in [0.3, 0.4) is 0 Å². The number of benzene rings is 1. The summed E-state index contributed by atoms with van der Waals surface area (Å²) in [5, 5.41) is 3.43. The predicted molar refractivity (Wildman–Crippen MR) is 86.5 cm³/mol. The Morgan fingerprint density at radius 3 is 2.50 bits per heavy atom. The number of hydrogen-bond acceptors (Lipinski definition) is 3. The monoisotopic (exact) mass is 278 g/mol. The zero-order valence-electron chi connectivity index (χ0n) is 14.1. The van der Waals surface area contributed by atoms with Crippen molar-refractivity contribution in [3.8, 4) is 5.75 Å². The average molecular weight is 278 g/mol. The first-order chi connectivity index (χ1) is 9.35. The molecular weight excluding hydrogens is 248 g/mol. The largest absolute Gasteiger partial charge is 0.496 e. The Hall–Kier alpha value is -1.06. The Kier molecular flexibility index (Phi) is 6.03. The van der Waals surface area contributed by atoms with Crippen molar-refractivity contribution in [1.29, 1.82) is 0 Å². The molecule has 0 radical (unpaired) electrons. The lowest BCUT2D eigenvalue weighted by atomic mass is 9.97. The van der Waals surface area contributed by atoms with E-state index < -0.39 is 0 Å². The minimum atomic E-state index is 0.201. The zero-order valence-corrected chi connectivity index (χ0v) is 14.1. The molecule has 0 fully saturated rings. The third-order valence-electron chi connectivity index (χ3n) is 4.46. The van der Waals surface area contributed by atoms with Crippen LogP contribution in [0.2, 0.25) is 0 Å². The highest BCUT2D eigenvalue weighted by molar-refractivity contribution is 5.39. The highest BCUT2D eigenvalue weighted by Gasteiger charge is 2.25. The summed E-state index contributed by atoms with van der Waals surface area (Å²) in [5.74, 6) is 0.956. The molecule has 1 N–H and O–H groups in total. The van der Waals surface area contributed by atoms with E-state index >= 15 is 0 Å². The quantitative estimate of drug-likeness (QED) is 0.827. The zero-order chi connectivity index (χ0) is 15.3. The van der Waals surface area contributed by atoms with E-state index in [0.29, 0.717) is 0 Å². The van der Waals surface area contributed by atoms with Crippen molar-refractivity contribution in [1.82, 2.24) is 10.2 Å². The van der Waals surface area contributed by atoms with Crippen LogP contribution < -0.4 is 10.1 Å². The van der Waals surface area contributed by atoms with E-state index in [0.717, 1.165) is 18.7 Å². The second kappa shape index (κ2) is 7.09. The molecule has 3 heteroatoms. The number of aryl methyl sites for hydroxylation is 1. The third kappa shape index (κ3) is 3.97. The molecule has 0 aliphatic heterocycles. The van der Waals surface area contributed by atoms with Crippen LogP contribution in [-0.4, -0.2) is 38.2 Å². The van der Waals surface area contributed by atoms with Gasteiger partial charge in [-0.1, -0.05) is 24.6 Å². The van der Waals surface area contributed by atoms with Crippen LogP contribution in [0.25, 0.3) is 0 Å². The van der Waals surface area contributed by atoms with E-state index in [-0.39, 0.29) is 11.6 Å². The van der Waals surface area contributed by atoms with Crippen LogP contribution >= 0.6 is 0 Å². The molecule has 1 rings (SSSR count). The first-order valence-corrected chi connectivity index (χ1v) is 7.38. The molecular formula is C17H30N2O. The predicted octanol–water partition coefficient (Wildman–Crippen LogP) is 3.38. The van der Waals surface area contributed by atoms with Gasteiger partial charge in [-0.15, -0.1) is 0 Å². The fourth-order valence-electron chi connectivity index (χ4n) is 2.26. The van der Waals surface area contributed by atoms with Gasteiger partial charge in [0.2, 0.25) is 0 Å². The summed E-state index contributed by atoms with van der Waals surface area (Å²) >= 11 is 0. The molecule has 1 aromatic rings. The number of nitrogens with zero attached hydrogens (tertiary/aromatic N) is 1. The lowest BCUT2D eigenvalue weighted by Gasteiger charge is -2.37. The lowest BCUT2D eigenvalue weighted by Crippen LogP contribution is -2.44. The molecule has 0 aliphatic rings. The summed E-state index contributed by atoms with van der Waals surface area (Å²) in [6.07, 6.45) is 1.13. The van der Waals surface area contributed by atoms with Crippen LogP contribution in [0, 0.1) is 6.92 Å². The second-order valence-corrected chi connectivity index (χ2v) is 6.13. The first-order valence-electron chi connectivity index (χ1n) is 7.38. The van der Waals surface area contributed by atoms with Crippen LogP contribution in [0.5, 0.6) is 5.75 Å². The van der Waals surface area contributed by atoms with Gasteiger partial charge in [-0.3, -0.25) is 4.90 Å². The molecule has 1 atom stereocenters. The minimum absolute atomic E-state index is 0.201. The highest BCUT2D eigenvalue weighted by atomic mass is 16.5. The van der Waals surface area contributed by atoms with Gasteiger partial charge in [0.05, 0.1) is 7.11 Å². The summed E-state index contributed by atoms with van der Waals surface area (Å²) in [4.78, 5) is 2.41. The molecule has 0 amide bonds. The molecule has 0 saturated heterocycles. The molecule has 0 aliphatic carbocycles. The van der Waals surface area contributed by atoms with Gasteiger partial charge in [-0.2, -0.15) is 0 Å². The van der Waals surface area contributed by atoms with Gasteiger partial charge in [-0.05, 0) is 47.4 Å². The van der Waals surface area contributed by atoms with Crippen molar-refractivity contribution >= 4 is 0 Å². The Morgan fingerprint density at radius 2 is 2.00 bits per heavy atom. The molecule has 114 valence electrons. The van der Waals surface area contributed by atoms with E-state index in [1.165, 1.54) is 11.1 Å².